The van der Waals surface area contributed by atoms with Crippen LogP contribution in [0.1, 0.15) is 22.7 Å². The molecule has 100 valence electrons. The van der Waals surface area contributed by atoms with Gasteiger partial charge in [-0.25, -0.2) is 4.39 Å². The third kappa shape index (κ3) is 3.27. The molecule has 19 heavy (non-hydrogen) atoms. The van der Waals surface area contributed by atoms with Crippen molar-refractivity contribution in [1.29, 1.82) is 0 Å². The molecular formula is C15H14Cl2FN. The Bertz CT molecular complexity index is 578. The molecular weight excluding hydrogens is 284 g/mol. The van der Waals surface area contributed by atoms with Gasteiger partial charge in [0.15, 0.2) is 0 Å². The van der Waals surface area contributed by atoms with E-state index in [-0.39, 0.29) is 11.9 Å². The van der Waals surface area contributed by atoms with Gasteiger partial charge >= 0.3 is 0 Å². The zero-order chi connectivity index (χ0) is 14.0. The van der Waals surface area contributed by atoms with E-state index < -0.39 is 0 Å². The summed E-state index contributed by atoms with van der Waals surface area (Å²) < 4.78 is 13.5. The van der Waals surface area contributed by atoms with Gasteiger partial charge in [-0.05, 0) is 54.9 Å². The van der Waals surface area contributed by atoms with E-state index in [9.17, 15) is 4.39 Å². The molecule has 1 unspecified atom stereocenters. The summed E-state index contributed by atoms with van der Waals surface area (Å²) in [6.45, 7) is 1.86. The van der Waals surface area contributed by atoms with Gasteiger partial charge in [-0.1, -0.05) is 35.3 Å². The third-order valence-corrected chi connectivity index (χ3v) is 3.52. The molecule has 4 heteroatoms. The number of benzene rings is 2. The quantitative estimate of drug-likeness (QED) is 0.862. The van der Waals surface area contributed by atoms with Crippen LogP contribution in [-0.4, -0.2) is 7.05 Å². The molecule has 0 heterocycles. The maximum Gasteiger partial charge on any atom is 0.123 e. The molecule has 0 bridgehead atoms. The Morgan fingerprint density at radius 2 is 1.84 bits per heavy atom. The Labute approximate surface area is 122 Å². The van der Waals surface area contributed by atoms with E-state index in [2.05, 4.69) is 5.32 Å². The Kier molecular flexibility index (Phi) is 4.46. The summed E-state index contributed by atoms with van der Waals surface area (Å²) in [5.41, 5.74) is 2.59. The first-order valence-electron chi connectivity index (χ1n) is 5.90. The van der Waals surface area contributed by atoms with Crippen LogP contribution < -0.4 is 5.32 Å². The Morgan fingerprint density at radius 1 is 1.11 bits per heavy atom. The second-order valence-corrected chi connectivity index (χ2v) is 5.29. The van der Waals surface area contributed by atoms with E-state index in [4.69, 9.17) is 23.2 Å². The standard InChI is InChI=1S/C15H14Cl2FN/c1-9-5-10(7-12(18)6-9)15(19-2)13-4-3-11(16)8-14(13)17/h3-8,15,19H,1-2H3. The van der Waals surface area contributed by atoms with Crippen molar-refractivity contribution >= 4 is 23.2 Å². The van der Waals surface area contributed by atoms with Crippen LogP contribution >= 0.6 is 23.2 Å². The minimum atomic E-state index is -0.250. The molecule has 0 aliphatic carbocycles. The van der Waals surface area contributed by atoms with Gasteiger partial charge < -0.3 is 5.32 Å². The van der Waals surface area contributed by atoms with Crippen LogP contribution in [0.3, 0.4) is 0 Å². The van der Waals surface area contributed by atoms with Gasteiger partial charge in [0.05, 0.1) is 6.04 Å². The highest BCUT2D eigenvalue weighted by molar-refractivity contribution is 6.35. The molecule has 1 nitrogen and oxygen atoms in total. The van der Waals surface area contributed by atoms with Crippen molar-refractivity contribution in [3.63, 3.8) is 0 Å². The number of rotatable bonds is 3. The van der Waals surface area contributed by atoms with Crippen LogP contribution in [-0.2, 0) is 0 Å². The molecule has 2 aromatic carbocycles. The first-order chi connectivity index (χ1) is 9.01. The number of hydrogen-bond donors (Lipinski definition) is 1. The first-order valence-corrected chi connectivity index (χ1v) is 6.66. The predicted octanol–water partition coefficient (Wildman–Crippen LogP) is 4.75. The molecule has 0 aromatic heterocycles. The van der Waals surface area contributed by atoms with E-state index >= 15 is 0 Å². The van der Waals surface area contributed by atoms with Crippen LogP contribution in [0.25, 0.3) is 0 Å². The fraction of sp³-hybridized carbons (Fsp3) is 0.200. The van der Waals surface area contributed by atoms with E-state index in [1.807, 2.05) is 26.1 Å². The Morgan fingerprint density at radius 3 is 2.42 bits per heavy atom. The van der Waals surface area contributed by atoms with E-state index in [0.29, 0.717) is 10.0 Å². The lowest BCUT2D eigenvalue weighted by atomic mass is 9.97. The first kappa shape index (κ1) is 14.3. The van der Waals surface area contributed by atoms with Crippen molar-refractivity contribution in [2.45, 2.75) is 13.0 Å². The second-order valence-electron chi connectivity index (χ2n) is 4.45. The monoisotopic (exact) mass is 297 g/mol. The molecule has 2 aromatic rings. The SMILES string of the molecule is CNC(c1cc(C)cc(F)c1)c1ccc(Cl)cc1Cl. The van der Waals surface area contributed by atoms with Gasteiger partial charge in [0.1, 0.15) is 5.82 Å². The predicted molar refractivity (Wildman–Crippen MR) is 78.5 cm³/mol. The fourth-order valence-corrected chi connectivity index (χ4v) is 2.69. The van der Waals surface area contributed by atoms with Crippen LogP contribution in [0.15, 0.2) is 36.4 Å². The Balaban J connectivity index is 2.49. The lowest BCUT2D eigenvalue weighted by Gasteiger charge is -2.19. The molecule has 0 saturated carbocycles. The average Bonchev–Trinajstić information content (AvgIpc) is 2.31. The highest BCUT2D eigenvalue weighted by atomic mass is 35.5. The van der Waals surface area contributed by atoms with Gasteiger partial charge in [-0.15, -0.1) is 0 Å². The van der Waals surface area contributed by atoms with Gasteiger partial charge in [0, 0.05) is 10.0 Å². The number of hydrogen-bond acceptors (Lipinski definition) is 1. The van der Waals surface area contributed by atoms with Crippen molar-refractivity contribution in [1.82, 2.24) is 5.32 Å². The summed E-state index contributed by atoms with van der Waals surface area (Å²) >= 11 is 12.1. The minimum Gasteiger partial charge on any atom is -0.309 e. The molecule has 0 saturated heterocycles. The van der Waals surface area contributed by atoms with Crippen molar-refractivity contribution in [3.05, 3.63) is 69.0 Å². The Hall–Kier alpha value is -1.09. The fourth-order valence-electron chi connectivity index (χ4n) is 2.17. The van der Waals surface area contributed by atoms with Gasteiger partial charge in [0.25, 0.3) is 0 Å². The summed E-state index contributed by atoms with van der Waals surface area (Å²) in [5.74, 6) is -0.250. The maximum atomic E-state index is 13.5. The lowest BCUT2D eigenvalue weighted by molar-refractivity contribution is 0.615. The van der Waals surface area contributed by atoms with Crippen molar-refractivity contribution in [2.24, 2.45) is 0 Å². The summed E-state index contributed by atoms with van der Waals surface area (Å²) in [6.07, 6.45) is 0. The summed E-state index contributed by atoms with van der Waals surface area (Å²) in [6, 6.07) is 10.1. The molecule has 0 amide bonds. The third-order valence-electron chi connectivity index (χ3n) is 2.96. The largest absolute Gasteiger partial charge is 0.309 e. The van der Waals surface area contributed by atoms with Gasteiger partial charge in [-0.3, -0.25) is 0 Å². The van der Waals surface area contributed by atoms with E-state index in [1.54, 1.807) is 12.1 Å². The summed E-state index contributed by atoms with van der Waals surface area (Å²) in [4.78, 5) is 0. The zero-order valence-electron chi connectivity index (χ0n) is 10.7. The van der Waals surface area contributed by atoms with E-state index in [1.165, 1.54) is 12.1 Å². The molecule has 0 aliphatic heterocycles. The average molecular weight is 298 g/mol. The normalized spacial score (nSPS) is 12.5. The highest BCUT2D eigenvalue weighted by Gasteiger charge is 2.16. The van der Waals surface area contributed by atoms with Crippen molar-refractivity contribution in [3.8, 4) is 0 Å². The molecule has 2 rings (SSSR count). The molecule has 1 atom stereocenters. The molecule has 1 N–H and O–H groups in total. The topological polar surface area (TPSA) is 12.0 Å². The van der Waals surface area contributed by atoms with Crippen LogP contribution in [0.4, 0.5) is 4.39 Å². The van der Waals surface area contributed by atoms with E-state index in [0.717, 1.165) is 16.7 Å². The zero-order valence-corrected chi connectivity index (χ0v) is 12.2. The smallest absolute Gasteiger partial charge is 0.123 e. The highest BCUT2D eigenvalue weighted by Crippen LogP contribution is 2.30. The van der Waals surface area contributed by atoms with Crippen molar-refractivity contribution in [2.75, 3.05) is 7.05 Å². The molecule has 0 spiro atoms. The van der Waals surface area contributed by atoms with Crippen LogP contribution in [0.2, 0.25) is 10.0 Å². The second kappa shape index (κ2) is 5.91. The minimum absolute atomic E-state index is 0.167. The van der Waals surface area contributed by atoms with Gasteiger partial charge in [0.2, 0.25) is 0 Å². The number of halogens is 3. The van der Waals surface area contributed by atoms with Crippen LogP contribution in [0, 0.1) is 12.7 Å². The maximum absolute atomic E-state index is 13.5. The summed E-state index contributed by atoms with van der Waals surface area (Å²) in [5, 5.41) is 4.30. The molecule has 0 radical (unpaired) electrons. The lowest BCUT2D eigenvalue weighted by Crippen LogP contribution is -2.18. The summed E-state index contributed by atoms with van der Waals surface area (Å²) in [7, 11) is 1.82. The number of nitrogens with one attached hydrogen (secondary N) is 1. The van der Waals surface area contributed by atoms with Crippen LogP contribution in [0.5, 0.6) is 0 Å². The number of aryl methyl sites for hydroxylation is 1. The van der Waals surface area contributed by atoms with Crippen molar-refractivity contribution < 1.29 is 4.39 Å². The molecule has 0 fully saturated rings. The molecule has 0 aliphatic rings. The van der Waals surface area contributed by atoms with Gasteiger partial charge in [-0.2, -0.15) is 0 Å².